The van der Waals surface area contributed by atoms with Gasteiger partial charge in [-0.3, -0.25) is 4.79 Å². The van der Waals surface area contributed by atoms with E-state index in [2.05, 4.69) is 17.4 Å². The summed E-state index contributed by atoms with van der Waals surface area (Å²) >= 11 is 13.5. The molecule has 3 nitrogen and oxygen atoms in total. The van der Waals surface area contributed by atoms with Gasteiger partial charge in [0.2, 0.25) is 0 Å². The number of benzene rings is 2. The topological polar surface area (TPSA) is 38.3 Å². The van der Waals surface area contributed by atoms with Crippen molar-refractivity contribution in [1.82, 2.24) is 5.32 Å². The zero-order chi connectivity index (χ0) is 16.5. The Labute approximate surface area is 150 Å². The Balaban J connectivity index is 1.60. The molecule has 0 heterocycles. The standard InChI is InChI=1S/C17H17Cl2NO2S/c18-14-8-15(19)10-16(9-14)22-11-17(21)20-6-7-23-12-13-4-2-1-3-5-13/h1-5,8-10H,6-7,11-12H2,(H,20,21). The molecule has 6 heteroatoms. The molecule has 0 unspecified atom stereocenters. The Hall–Kier alpha value is -1.36. The van der Waals surface area contributed by atoms with Gasteiger partial charge in [-0.2, -0.15) is 11.8 Å². The van der Waals surface area contributed by atoms with Gasteiger partial charge in [0.25, 0.3) is 5.91 Å². The van der Waals surface area contributed by atoms with Crippen molar-refractivity contribution in [2.45, 2.75) is 5.75 Å². The molecular formula is C17H17Cl2NO2S. The van der Waals surface area contributed by atoms with E-state index in [0.29, 0.717) is 22.3 Å². The van der Waals surface area contributed by atoms with E-state index in [1.54, 1.807) is 30.0 Å². The second-order valence-corrected chi connectivity index (χ2v) is 6.76. The minimum absolute atomic E-state index is 0.0555. The van der Waals surface area contributed by atoms with Crippen LogP contribution in [0.1, 0.15) is 5.56 Å². The lowest BCUT2D eigenvalue weighted by atomic mass is 10.2. The minimum atomic E-state index is -0.165. The molecule has 0 radical (unpaired) electrons. The van der Waals surface area contributed by atoms with Crippen molar-refractivity contribution < 1.29 is 9.53 Å². The van der Waals surface area contributed by atoms with E-state index in [4.69, 9.17) is 27.9 Å². The SMILES string of the molecule is O=C(COc1cc(Cl)cc(Cl)c1)NCCSCc1ccccc1. The fourth-order valence-corrected chi connectivity index (χ4v) is 3.16. The molecule has 1 N–H and O–H groups in total. The Bertz CT molecular complexity index is 617. The van der Waals surface area contributed by atoms with E-state index in [-0.39, 0.29) is 12.5 Å². The average molecular weight is 370 g/mol. The zero-order valence-electron chi connectivity index (χ0n) is 12.4. The van der Waals surface area contributed by atoms with Crippen LogP contribution in [0.2, 0.25) is 10.0 Å². The molecule has 0 saturated carbocycles. The first-order chi connectivity index (χ1) is 11.1. The Morgan fingerprint density at radius 2 is 1.78 bits per heavy atom. The second-order valence-electron chi connectivity index (χ2n) is 4.78. The molecular weight excluding hydrogens is 353 g/mol. The van der Waals surface area contributed by atoms with Crippen LogP contribution in [0.4, 0.5) is 0 Å². The van der Waals surface area contributed by atoms with E-state index >= 15 is 0 Å². The maximum atomic E-state index is 11.7. The third kappa shape index (κ3) is 7.16. The van der Waals surface area contributed by atoms with Crippen molar-refractivity contribution in [3.8, 4) is 5.75 Å². The quantitative estimate of drug-likeness (QED) is 0.699. The lowest BCUT2D eigenvalue weighted by molar-refractivity contribution is -0.122. The molecule has 122 valence electrons. The third-order valence-corrected chi connectivity index (χ3v) is 4.35. The smallest absolute Gasteiger partial charge is 0.257 e. The number of amides is 1. The fraction of sp³-hybridized carbons (Fsp3) is 0.235. The normalized spacial score (nSPS) is 10.3. The van der Waals surface area contributed by atoms with Gasteiger partial charge in [-0.1, -0.05) is 53.5 Å². The number of ether oxygens (including phenoxy) is 1. The summed E-state index contributed by atoms with van der Waals surface area (Å²) in [6.07, 6.45) is 0. The molecule has 0 aliphatic rings. The molecule has 0 aliphatic heterocycles. The number of nitrogens with one attached hydrogen (secondary N) is 1. The highest BCUT2D eigenvalue weighted by atomic mass is 35.5. The highest BCUT2D eigenvalue weighted by Crippen LogP contribution is 2.24. The lowest BCUT2D eigenvalue weighted by Crippen LogP contribution is -2.30. The van der Waals surface area contributed by atoms with Crippen LogP contribution in [-0.4, -0.2) is 24.8 Å². The van der Waals surface area contributed by atoms with Crippen LogP contribution in [0.3, 0.4) is 0 Å². The van der Waals surface area contributed by atoms with Crippen molar-refractivity contribution >= 4 is 40.9 Å². The van der Waals surface area contributed by atoms with Gasteiger partial charge in [-0.05, 0) is 23.8 Å². The number of carbonyl (C=O) groups excluding carboxylic acids is 1. The summed E-state index contributed by atoms with van der Waals surface area (Å²) in [7, 11) is 0. The molecule has 23 heavy (non-hydrogen) atoms. The van der Waals surface area contributed by atoms with Crippen molar-refractivity contribution in [3.63, 3.8) is 0 Å². The highest BCUT2D eigenvalue weighted by molar-refractivity contribution is 7.98. The summed E-state index contributed by atoms with van der Waals surface area (Å²) in [5, 5.41) is 3.77. The average Bonchev–Trinajstić information content (AvgIpc) is 2.53. The summed E-state index contributed by atoms with van der Waals surface area (Å²) in [5.41, 5.74) is 1.28. The molecule has 0 aliphatic carbocycles. The van der Waals surface area contributed by atoms with Crippen LogP contribution < -0.4 is 10.1 Å². The lowest BCUT2D eigenvalue weighted by Gasteiger charge is -2.08. The number of halogens is 2. The van der Waals surface area contributed by atoms with Gasteiger partial charge in [-0.15, -0.1) is 0 Å². The van der Waals surface area contributed by atoms with Gasteiger partial charge in [0.1, 0.15) is 5.75 Å². The fourth-order valence-electron chi connectivity index (χ4n) is 1.84. The van der Waals surface area contributed by atoms with Crippen LogP contribution in [0.25, 0.3) is 0 Å². The van der Waals surface area contributed by atoms with Crippen LogP contribution in [-0.2, 0) is 10.5 Å². The summed E-state index contributed by atoms with van der Waals surface area (Å²) in [5.74, 6) is 2.11. The molecule has 0 aromatic heterocycles. The van der Waals surface area contributed by atoms with Gasteiger partial charge in [0.05, 0.1) is 0 Å². The van der Waals surface area contributed by atoms with Gasteiger partial charge >= 0.3 is 0 Å². The predicted molar refractivity (Wildman–Crippen MR) is 97.6 cm³/mol. The van der Waals surface area contributed by atoms with Gasteiger partial charge in [-0.25, -0.2) is 0 Å². The zero-order valence-corrected chi connectivity index (χ0v) is 14.8. The Kier molecular flexibility index (Phi) is 7.59. The monoisotopic (exact) mass is 369 g/mol. The van der Waals surface area contributed by atoms with Crippen LogP contribution in [0.15, 0.2) is 48.5 Å². The van der Waals surface area contributed by atoms with Crippen molar-refractivity contribution in [2.75, 3.05) is 18.9 Å². The van der Waals surface area contributed by atoms with E-state index < -0.39 is 0 Å². The summed E-state index contributed by atoms with van der Waals surface area (Å²) in [6, 6.07) is 15.1. The first kappa shape index (κ1) is 18.0. The van der Waals surface area contributed by atoms with Crippen LogP contribution in [0, 0.1) is 0 Å². The van der Waals surface area contributed by atoms with Gasteiger partial charge in [0.15, 0.2) is 6.61 Å². The van der Waals surface area contributed by atoms with E-state index in [1.165, 1.54) is 5.56 Å². The number of hydrogen-bond acceptors (Lipinski definition) is 3. The van der Waals surface area contributed by atoms with Gasteiger partial charge < -0.3 is 10.1 Å². The highest BCUT2D eigenvalue weighted by Gasteiger charge is 2.04. The molecule has 1 amide bonds. The van der Waals surface area contributed by atoms with Crippen LogP contribution in [0.5, 0.6) is 5.75 Å². The first-order valence-corrected chi connectivity index (χ1v) is 9.02. The molecule has 2 aromatic rings. The van der Waals surface area contributed by atoms with E-state index in [0.717, 1.165) is 11.5 Å². The van der Waals surface area contributed by atoms with E-state index in [9.17, 15) is 4.79 Å². The summed E-state index contributed by atoms with van der Waals surface area (Å²) in [4.78, 5) is 11.7. The number of thioether (sulfide) groups is 1. The molecule has 0 fully saturated rings. The molecule has 0 saturated heterocycles. The predicted octanol–water partition coefficient (Wildman–Crippen LogP) is 4.42. The minimum Gasteiger partial charge on any atom is -0.484 e. The van der Waals surface area contributed by atoms with E-state index in [1.807, 2.05) is 18.2 Å². The molecule has 2 aromatic carbocycles. The van der Waals surface area contributed by atoms with Gasteiger partial charge in [0, 0.05) is 28.1 Å². The third-order valence-electron chi connectivity index (χ3n) is 2.89. The van der Waals surface area contributed by atoms with Crippen LogP contribution >= 0.6 is 35.0 Å². The Morgan fingerprint density at radius 3 is 2.48 bits per heavy atom. The Morgan fingerprint density at radius 1 is 1.09 bits per heavy atom. The molecule has 2 rings (SSSR count). The maximum absolute atomic E-state index is 11.7. The maximum Gasteiger partial charge on any atom is 0.257 e. The summed E-state index contributed by atoms with van der Waals surface area (Å²) in [6.45, 7) is 0.552. The number of hydrogen-bond donors (Lipinski definition) is 1. The second kappa shape index (κ2) is 9.71. The van der Waals surface area contributed by atoms with Crippen molar-refractivity contribution in [3.05, 3.63) is 64.1 Å². The summed E-state index contributed by atoms with van der Waals surface area (Å²) < 4.78 is 5.37. The molecule has 0 atom stereocenters. The number of carbonyl (C=O) groups is 1. The first-order valence-electron chi connectivity index (χ1n) is 7.11. The molecule has 0 spiro atoms. The number of rotatable bonds is 8. The van der Waals surface area contributed by atoms with Crippen molar-refractivity contribution in [1.29, 1.82) is 0 Å². The van der Waals surface area contributed by atoms with Crippen molar-refractivity contribution in [2.24, 2.45) is 0 Å². The largest absolute Gasteiger partial charge is 0.484 e. The molecule has 0 bridgehead atoms.